The molecule has 0 aliphatic carbocycles. The first-order valence-corrected chi connectivity index (χ1v) is 6.58. The topological polar surface area (TPSA) is 84.6 Å². The Labute approximate surface area is 146 Å². The Morgan fingerprint density at radius 1 is 1.27 bits per heavy atom. The minimum atomic E-state index is 0. The molecule has 2 rings (SSSR count). The van der Waals surface area contributed by atoms with Crippen molar-refractivity contribution in [3.8, 4) is 5.75 Å². The summed E-state index contributed by atoms with van der Waals surface area (Å²) >= 11 is 0. The second kappa shape index (κ2) is 9.23. The van der Waals surface area contributed by atoms with E-state index in [4.69, 9.17) is 9.26 Å². The van der Waals surface area contributed by atoms with Crippen molar-refractivity contribution < 1.29 is 9.26 Å². The minimum absolute atomic E-state index is 0. The van der Waals surface area contributed by atoms with E-state index < -0.39 is 0 Å². The van der Waals surface area contributed by atoms with E-state index in [2.05, 4.69) is 25.8 Å². The maximum atomic E-state index is 5.31. The summed E-state index contributed by atoms with van der Waals surface area (Å²) in [4.78, 5) is 8.27. The molecule has 0 atom stereocenters. The maximum absolute atomic E-state index is 5.31. The summed E-state index contributed by atoms with van der Waals surface area (Å²) in [7, 11) is 3.36. The van der Waals surface area contributed by atoms with Crippen molar-refractivity contribution in [1.82, 2.24) is 20.8 Å². The molecule has 0 aliphatic heterocycles. The Hall–Kier alpha value is -1.84. The molecule has 1 heterocycles. The smallest absolute Gasteiger partial charge is 0.223 e. The summed E-state index contributed by atoms with van der Waals surface area (Å²) in [6, 6.07) is 7.84. The number of aromatic nitrogens is 2. The van der Waals surface area contributed by atoms with Gasteiger partial charge in [-0.3, -0.25) is 4.99 Å². The Kier molecular flexibility index (Phi) is 7.64. The second-order valence-electron chi connectivity index (χ2n) is 4.32. The highest BCUT2D eigenvalue weighted by atomic mass is 127. The Bertz CT molecular complexity index is 615. The fourth-order valence-electron chi connectivity index (χ4n) is 1.82. The van der Waals surface area contributed by atoms with E-state index in [0.717, 1.165) is 11.3 Å². The van der Waals surface area contributed by atoms with Crippen LogP contribution in [0.25, 0.3) is 0 Å². The average molecular weight is 417 g/mol. The van der Waals surface area contributed by atoms with Crippen LogP contribution in [0.5, 0.6) is 5.75 Å². The van der Waals surface area contributed by atoms with Gasteiger partial charge in [0.25, 0.3) is 0 Å². The van der Waals surface area contributed by atoms with Gasteiger partial charge < -0.3 is 19.9 Å². The first kappa shape index (κ1) is 18.2. The lowest BCUT2D eigenvalue weighted by molar-refractivity contribution is 0.386. The Morgan fingerprint density at radius 3 is 2.64 bits per heavy atom. The summed E-state index contributed by atoms with van der Waals surface area (Å²) < 4.78 is 10.2. The van der Waals surface area contributed by atoms with Crippen LogP contribution < -0.4 is 15.4 Å². The van der Waals surface area contributed by atoms with Gasteiger partial charge in [0.05, 0.1) is 13.7 Å². The Morgan fingerprint density at radius 2 is 2.00 bits per heavy atom. The highest BCUT2D eigenvalue weighted by Gasteiger charge is 2.05. The molecule has 8 heteroatoms. The third-order valence-corrected chi connectivity index (χ3v) is 2.85. The zero-order valence-corrected chi connectivity index (χ0v) is 15.1. The quantitative estimate of drug-likeness (QED) is 0.439. The van der Waals surface area contributed by atoms with Crippen LogP contribution in [0.15, 0.2) is 33.8 Å². The largest absolute Gasteiger partial charge is 0.496 e. The molecule has 0 unspecified atom stereocenters. The molecule has 1 aromatic heterocycles. The molecule has 0 aliphatic rings. The first-order chi connectivity index (χ1) is 10.2. The molecule has 2 aromatic rings. The number of halogens is 1. The van der Waals surface area contributed by atoms with Crippen molar-refractivity contribution in [3.63, 3.8) is 0 Å². The molecule has 0 spiro atoms. The summed E-state index contributed by atoms with van der Waals surface area (Å²) in [6.07, 6.45) is 0. The van der Waals surface area contributed by atoms with E-state index in [1.165, 1.54) is 0 Å². The van der Waals surface area contributed by atoms with Crippen LogP contribution in [0.2, 0.25) is 0 Å². The highest BCUT2D eigenvalue weighted by molar-refractivity contribution is 14.0. The average Bonchev–Trinajstić information content (AvgIpc) is 2.93. The number of benzene rings is 1. The van der Waals surface area contributed by atoms with Gasteiger partial charge in [-0.2, -0.15) is 4.98 Å². The van der Waals surface area contributed by atoms with Crippen molar-refractivity contribution in [2.45, 2.75) is 20.0 Å². The van der Waals surface area contributed by atoms with Gasteiger partial charge in [0, 0.05) is 26.1 Å². The predicted octanol–water partition coefficient (Wildman–Crippen LogP) is 1.87. The number of para-hydroxylation sites is 1. The molecule has 2 N–H and O–H groups in total. The lowest BCUT2D eigenvalue weighted by Gasteiger charge is -2.12. The molecule has 0 amide bonds. The Balaban J connectivity index is 0.00000242. The van der Waals surface area contributed by atoms with Gasteiger partial charge >= 0.3 is 0 Å². The fraction of sp³-hybridized carbons (Fsp3) is 0.357. The number of hydrogen-bond donors (Lipinski definition) is 2. The van der Waals surface area contributed by atoms with Gasteiger partial charge in [-0.05, 0) is 6.07 Å². The third-order valence-electron chi connectivity index (χ3n) is 2.85. The van der Waals surface area contributed by atoms with Crippen LogP contribution in [-0.4, -0.2) is 30.3 Å². The lowest BCUT2D eigenvalue weighted by Crippen LogP contribution is -2.36. The van der Waals surface area contributed by atoms with Crippen LogP contribution in [0.3, 0.4) is 0 Å². The number of aryl methyl sites for hydroxylation is 1. The van der Waals surface area contributed by atoms with Gasteiger partial charge in [-0.1, -0.05) is 23.4 Å². The van der Waals surface area contributed by atoms with E-state index in [0.29, 0.717) is 30.8 Å². The monoisotopic (exact) mass is 417 g/mol. The van der Waals surface area contributed by atoms with E-state index in [1.807, 2.05) is 24.3 Å². The SMILES string of the molecule is CN=C(NCc1noc(C)n1)NCc1ccccc1OC.I. The highest BCUT2D eigenvalue weighted by Crippen LogP contribution is 2.16. The summed E-state index contributed by atoms with van der Waals surface area (Å²) in [5, 5.41) is 10.1. The molecule has 7 nitrogen and oxygen atoms in total. The molecule has 0 saturated carbocycles. The first-order valence-electron chi connectivity index (χ1n) is 6.58. The zero-order valence-electron chi connectivity index (χ0n) is 12.8. The standard InChI is InChI=1S/C14H19N5O2.HI/c1-10-18-13(19-21-10)9-17-14(15-2)16-8-11-6-4-5-7-12(11)20-3;/h4-7H,8-9H2,1-3H3,(H2,15,16,17);1H. The maximum Gasteiger partial charge on any atom is 0.223 e. The molecule has 0 radical (unpaired) electrons. The molecule has 0 saturated heterocycles. The van der Waals surface area contributed by atoms with Crippen molar-refractivity contribution in [1.29, 1.82) is 0 Å². The number of rotatable bonds is 5. The zero-order chi connectivity index (χ0) is 15.1. The van der Waals surface area contributed by atoms with Crippen LogP contribution in [-0.2, 0) is 13.1 Å². The predicted molar refractivity (Wildman–Crippen MR) is 94.5 cm³/mol. The van der Waals surface area contributed by atoms with Crippen LogP contribution in [0.1, 0.15) is 17.3 Å². The van der Waals surface area contributed by atoms with E-state index in [9.17, 15) is 0 Å². The van der Waals surface area contributed by atoms with Crippen LogP contribution >= 0.6 is 24.0 Å². The van der Waals surface area contributed by atoms with E-state index in [1.54, 1.807) is 21.1 Å². The van der Waals surface area contributed by atoms with Gasteiger partial charge in [0.2, 0.25) is 5.89 Å². The van der Waals surface area contributed by atoms with Crippen molar-refractivity contribution in [2.75, 3.05) is 14.2 Å². The molecule has 22 heavy (non-hydrogen) atoms. The number of hydrogen-bond acceptors (Lipinski definition) is 5. The van der Waals surface area contributed by atoms with Gasteiger partial charge in [0.15, 0.2) is 11.8 Å². The van der Waals surface area contributed by atoms with E-state index in [-0.39, 0.29) is 24.0 Å². The molecular formula is C14H20IN5O2. The number of nitrogens with one attached hydrogen (secondary N) is 2. The van der Waals surface area contributed by atoms with Gasteiger partial charge in [-0.15, -0.1) is 24.0 Å². The number of methoxy groups -OCH3 is 1. The molecule has 0 fully saturated rings. The summed E-state index contributed by atoms with van der Waals surface area (Å²) in [5.41, 5.74) is 1.05. The number of nitrogens with zero attached hydrogens (tertiary/aromatic N) is 3. The molecule has 1 aromatic carbocycles. The van der Waals surface area contributed by atoms with Crippen LogP contribution in [0.4, 0.5) is 0 Å². The fourth-order valence-corrected chi connectivity index (χ4v) is 1.82. The minimum Gasteiger partial charge on any atom is -0.496 e. The summed E-state index contributed by atoms with van der Waals surface area (Å²) in [6.45, 7) is 2.81. The molecule has 0 bridgehead atoms. The van der Waals surface area contributed by atoms with Crippen molar-refractivity contribution >= 4 is 29.9 Å². The van der Waals surface area contributed by atoms with Crippen molar-refractivity contribution in [3.05, 3.63) is 41.5 Å². The molecule has 120 valence electrons. The van der Waals surface area contributed by atoms with Gasteiger partial charge in [0.1, 0.15) is 5.75 Å². The lowest BCUT2D eigenvalue weighted by atomic mass is 10.2. The van der Waals surface area contributed by atoms with Crippen LogP contribution in [0, 0.1) is 6.92 Å². The number of aliphatic imine (C=N–C) groups is 1. The normalized spacial score (nSPS) is 10.8. The van der Waals surface area contributed by atoms with Crippen molar-refractivity contribution in [2.24, 2.45) is 4.99 Å². The second-order valence-corrected chi connectivity index (χ2v) is 4.32. The number of guanidine groups is 1. The van der Waals surface area contributed by atoms with Gasteiger partial charge in [-0.25, -0.2) is 0 Å². The molecular weight excluding hydrogens is 397 g/mol. The number of ether oxygens (including phenoxy) is 1. The van der Waals surface area contributed by atoms with E-state index >= 15 is 0 Å². The summed E-state index contributed by atoms with van der Waals surface area (Å²) in [5.74, 6) is 2.63. The third kappa shape index (κ3) is 5.17.